The number of rotatable bonds is 5. The van der Waals surface area contributed by atoms with E-state index < -0.39 is 5.97 Å². The minimum absolute atomic E-state index is 0.00336. The molecule has 0 radical (unpaired) electrons. The highest BCUT2D eigenvalue weighted by Crippen LogP contribution is 2.42. The van der Waals surface area contributed by atoms with E-state index >= 15 is 0 Å². The Morgan fingerprint density at radius 2 is 2.11 bits per heavy atom. The third-order valence-electron chi connectivity index (χ3n) is 4.59. The maximum absolute atomic E-state index is 11.8. The van der Waals surface area contributed by atoms with Crippen molar-refractivity contribution >= 4 is 17.3 Å². The summed E-state index contributed by atoms with van der Waals surface area (Å²) in [4.78, 5) is 11.8. The lowest BCUT2D eigenvalue weighted by atomic mass is 9.88. The first-order valence-corrected chi connectivity index (χ1v) is 9.69. The van der Waals surface area contributed by atoms with Crippen LogP contribution in [0, 0.1) is 0 Å². The van der Waals surface area contributed by atoms with Crippen LogP contribution in [0.1, 0.15) is 35.5 Å². The number of hydrogen-bond acceptors (Lipinski definition) is 5. The molecule has 1 aliphatic rings. The summed E-state index contributed by atoms with van der Waals surface area (Å²) in [5.74, 6) is 0.329. The molecule has 0 saturated heterocycles. The van der Waals surface area contributed by atoms with Crippen LogP contribution in [-0.2, 0) is 12.8 Å². The molecular weight excluding hydrogens is 364 g/mol. The molecule has 0 atom stereocenters. The highest BCUT2D eigenvalue weighted by atomic mass is 32.1. The normalized spacial score (nSPS) is 12.6. The molecule has 0 unspecified atom stereocenters. The van der Waals surface area contributed by atoms with Gasteiger partial charge in [-0.2, -0.15) is 16.4 Å². The fourth-order valence-electron chi connectivity index (χ4n) is 3.49. The number of thiophene rings is 1. The second-order valence-corrected chi connectivity index (χ2v) is 7.48. The van der Waals surface area contributed by atoms with E-state index in [0.717, 1.165) is 34.5 Å². The molecule has 3 aromatic rings. The second kappa shape index (κ2) is 6.74. The molecule has 0 amide bonds. The number of carboxylic acids is 1. The number of methoxy groups -OCH3 is 1. The van der Waals surface area contributed by atoms with Gasteiger partial charge < -0.3 is 14.6 Å². The third-order valence-corrected chi connectivity index (χ3v) is 5.26. The number of carboxylic acid groups (broad SMARTS) is 1. The number of aryl methyl sites for hydroxylation is 1. The quantitative estimate of drug-likeness (QED) is 0.714. The number of benzene rings is 1. The first-order valence-electron chi connectivity index (χ1n) is 8.75. The Hall–Kier alpha value is -2.80. The second-order valence-electron chi connectivity index (χ2n) is 6.70. The smallest absolute Gasteiger partial charge is 0.356 e. The molecule has 0 aliphatic heterocycles. The first kappa shape index (κ1) is 17.6. The molecule has 2 heterocycles. The van der Waals surface area contributed by atoms with Crippen LogP contribution in [-0.4, -0.2) is 34.1 Å². The van der Waals surface area contributed by atoms with Crippen molar-refractivity contribution in [1.29, 1.82) is 0 Å². The van der Waals surface area contributed by atoms with Crippen molar-refractivity contribution in [3.8, 4) is 28.4 Å². The summed E-state index contributed by atoms with van der Waals surface area (Å²) in [5, 5.41) is 18.0. The summed E-state index contributed by atoms with van der Waals surface area (Å²) in [6.07, 6.45) is 1.36. The highest BCUT2D eigenvalue weighted by Gasteiger charge is 2.30. The molecule has 140 valence electrons. The van der Waals surface area contributed by atoms with Crippen LogP contribution in [0.2, 0.25) is 0 Å². The summed E-state index contributed by atoms with van der Waals surface area (Å²) >= 11 is 1.55. The van der Waals surface area contributed by atoms with Gasteiger partial charge in [-0.25, -0.2) is 9.48 Å². The van der Waals surface area contributed by atoms with Crippen molar-refractivity contribution in [2.24, 2.45) is 0 Å². The van der Waals surface area contributed by atoms with Gasteiger partial charge in [0.2, 0.25) is 0 Å². The van der Waals surface area contributed by atoms with E-state index in [4.69, 9.17) is 9.47 Å². The molecule has 0 spiro atoms. The van der Waals surface area contributed by atoms with E-state index in [1.54, 1.807) is 23.1 Å². The van der Waals surface area contributed by atoms with E-state index in [-0.39, 0.29) is 11.8 Å². The summed E-state index contributed by atoms with van der Waals surface area (Å²) in [5.41, 5.74) is 4.61. The highest BCUT2D eigenvalue weighted by molar-refractivity contribution is 7.08. The summed E-state index contributed by atoms with van der Waals surface area (Å²) in [6, 6.07) is 5.87. The number of hydrogen-bond donors (Lipinski definition) is 1. The Kier molecular flexibility index (Phi) is 4.39. The van der Waals surface area contributed by atoms with Crippen LogP contribution in [0.25, 0.3) is 16.9 Å². The van der Waals surface area contributed by atoms with Gasteiger partial charge in [0.15, 0.2) is 17.2 Å². The van der Waals surface area contributed by atoms with E-state index in [1.165, 1.54) is 0 Å². The van der Waals surface area contributed by atoms with Crippen molar-refractivity contribution in [3.05, 3.63) is 45.8 Å². The lowest BCUT2D eigenvalue weighted by Crippen LogP contribution is -2.11. The van der Waals surface area contributed by atoms with E-state index in [1.807, 2.05) is 42.8 Å². The first-order chi connectivity index (χ1) is 13.0. The van der Waals surface area contributed by atoms with Crippen LogP contribution < -0.4 is 9.47 Å². The van der Waals surface area contributed by atoms with Crippen LogP contribution >= 0.6 is 11.3 Å². The molecule has 2 aromatic heterocycles. The van der Waals surface area contributed by atoms with Crippen LogP contribution in [0.4, 0.5) is 0 Å². The van der Waals surface area contributed by atoms with Crippen molar-refractivity contribution in [2.75, 3.05) is 7.11 Å². The molecule has 1 aromatic carbocycles. The number of carbonyl (C=O) groups is 1. The number of aromatic nitrogens is 2. The van der Waals surface area contributed by atoms with E-state index in [0.29, 0.717) is 17.9 Å². The zero-order valence-corrected chi connectivity index (χ0v) is 16.2. The van der Waals surface area contributed by atoms with Gasteiger partial charge in [0.1, 0.15) is 0 Å². The monoisotopic (exact) mass is 384 g/mol. The predicted molar refractivity (Wildman–Crippen MR) is 104 cm³/mol. The minimum atomic E-state index is -1.00. The number of fused-ring (bicyclic) bond motifs is 3. The SMILES string of the molecule is COc1cc2c(cc1OC(C)C)-c1c(c(C(=O)O)nn1-c1ccsc1)CC2. The fourth-order valence-corrected chi connectivity index (χ4v) is 4.11. The van der Waals surface area contributed by atoms with Crippen LogP contribution in [0.15, 0.2) is 29.0 Å². The molecule has 1 N–H and O–H groups in total. The summed E-state index contributed by atoms with van der Waals surface area (Å²) < 4.78 is 13.2. The molecule has 1 aliphatic carbocycles. The van der Waals surface area contributed by atoms with Gasteiger partial charge >= 0.3 is 5.97 Å². The van der Waals surface area contributed by atoms with Gasteiger partial charge in [0.25, 0.3) is 0 Å². The summed E-state index contributed by atoms with van der Waals surface area (Å²) in [7, 11) is 1.63. The average molecular weight is 384 g/mol. The molecule has 7 heteroatoms. The zero-order chi connectivity index (χ0) is 19.1. The standard InChI is InChI=1S/C20H20N2O4S/c1-11(2)26-17-9-15-12(8-16(17)25-3)4-5-14-18(20(23)24)21-22(19(14)15)13-6-7-27-10-13/h6-11H,4-5H2,1-3H3,(H,23,24). The maximum atomic E-state index is 11.8. The Labute approximate surface area is 161 Å². The lowest BCUT2D eigenvalue weighted by Gasteiger charge is -2.22. The Morgan fingerprint density at radius 3 is 2.74 bits per heavy atom. The van der Waals surface area contributed by atoms with Gasteiger partial charge in [0.05, 0.1) is 24.6 Å². The van der Waals surface area contributed by atoms with Gasteiger partial charge in [0, 0.05) is 16.5 Å². The summed E-state index contributed by atoms with van der Waals surface area (Å²) in [6.45, 7) is 3.92. The molecular formula is C20H20N2O4S. The largest absolute Gasteiger partial charge is 0.493 e. The molecule has 0 fully saturated rings. The van der Waals surface area contributed by atoms with E-state index in [2.05, 4.69) is 5.10 Å². The van der Waals surface area contributed by atoms with Crippen molar-refractivity contribution in [3.63, 3.8) is 0 Å². The average Bonchev–Trinajstić information content (AvgIpc) is 3.28. The predicted octanol–water partition coefficient (Wildman–Crippen LogP) is 4.19. The molecule has 4 rings (SSSR count). The minimum Gasteiger partial charge on any atom is -0.493 e. The van der Waals surface area contributed by atoms with Gasteiger partial charge in [-0.3, -0.25) is 0 Å². The van der Waals surface area contributed by atoms with Crippen molar-refractivity contribution in [1.82, 2.24) is 9.78 Å². The molecule has 0 saturated carbocycles. The number of aromatic carboxylic acids is 1. The molecule has 0 bridgehead atoms. The maximum Gasteiger partial charge on any atom is 0.356 e. The number of nitrogens with zero attached hydrogens (tertiary/aromatic N) is 2. The lowest BCUT2D eigenvalue weighted by molar-refractivity contribution is 0.0688. The molecule has 27 heavy (non-hydrogen) atoms. The van der Waals surface area contributed by atoms with Crippen molar-refractivity contribution < 1.29 is 19.4 Å². The zero-order valence-electron chi connectivity index (χ0n) is 15.4. The van der Waals surface area contributed by atoms with E-state index in [9.17, 15) is 9.90 Å². The van der Waals surface area contributed by atoms with Crippen LogP contribution in [0.3, 0.4) is 0 Å². The third kappa shape index (κ3) is 2.98. The topological polar surface area (TPSA) is 73.6 Å². The fraction of sp³-hybridized carbons (Fsp3) is 0.300. The van der Waals surface area contributed by atoms with Crippen LogP contribution in [0.5, 0.6) is 11.5 Å². The van der Waals surface area contributed by atoms with Gasteiger partial charge in [-0.1, -0.05) is 0 Å². The Morgan fingerprint density at radius 1 is 1.30 bits per heavy atom. The molecule has 6 nitrogen and oxygen atoms in total. The van der Waals surface area contributed by atoms with Gasteiger partial charge in [-0.05, 0) is 55.8 Å². The number of ether oxygens (including phenoxy) is 2. The Bertz CT molecular complexity index is 1010. The van der Waals surface area contributed by atoms with Crippen molar-refractivity contribution in [2.45, 2.75) is 32.8 Å². The van der Waals surface area contributed by atoms with Gasteiger partial charge in [-0.15, -0.1) is 0 Å². The Balaban J connectivity index is 1.97.